The van der Waals surface area contributed by atoms with Gasteiger partial charge in [0.1, 0.15) is 11.1 Å². The number of aliphatic hydroxyl groups is 2. The Kier molecular flexibility index (Phi) is 4.41. The number of anilines is 1. The SMILES string of the molecule is CC[C@@H]1[C@@H]([Si](C)(C)C)C[C@H](n2cnc3c(C)nc(N)nc32)[C@]1(O)CO. The van der Waals surface area contributed by atoms with Crippen molar-refractivity contribution in [1.82, 2.24) is 19.5 Å². The second-order valence-corrected chi connectivity index (χ2v) is 13.9. The fraction of sp³-hybridized carbons (Fsp3) is 0.706. The Morgan fingerprint density at radius 2 is 2.04 bits per heavy atom. The van der Waals surface area contributed by atoms with Gasteiger partial charge in [-0.1, -0.05) is 33.0 Å². The molecule has 4 atom stereocenters. The van der Waals surface area contributed by atoms with Gasteiger partial charge in [-0.2, -0.15) is 4.98 Å². The van der Waals surface area contributed by atoms with Gasteiger partial charge in [-0.15, -0.1) is 0 Å². The summed E-state index contributed by atoms with van der Waals surface area (Å²) in [4.78, 5) is 13.0. The number of imidazole rings is 1. The largest absolute Gasteiger partial charge is 0.393 e. The maximum atomic E-state index is 11.5. The van der Waals surface area contributed by atoms with Gasteiger partial charge in [-0.3, -0.25) is 0 Å². The predicted octanol–water partition coefficient (Wildman–Crippen LogP) is 2.12. The summed E-state index contributed by atoms with van der Waals surface area (Å²) in [6.45, 7) is 10.7. The molecule has 0 bridgehead atoms. The number of hydrogen-bond acceptors (Lipinski definition) is 6. The highest BCUT2D eigenvalue weighted by atomic mass is 28.3. The van der Waals surface area contributed by atoms with E-state index in [-0.39, 0.29) is 24.5 Å². The summed E-state index contributed by atoms with van der Waals surface area (Å²) in [5.41, 5.74) is 7.12. The highest BCUT2D eigenvalue weighted by molar-refractivity contribution is 6.77. The third-order valence-electron chi connectivity index (χ3n) is 5.94. The lowest BCUT2D eigenvalue weighted by atomic mass is 9.86. The van der Waals surface area contributed by atoms with Crippen LogP contribution in [0.5, 0.6) is 0 Å². The molecule has 0 aliphatic heterocycles. The van der Waals surface area contributed by atoms with Crippen molar-refractivity contribution in [2.45, 2.75) is 63.5 Å². The monoisotopic (exact) mass is 363 g/mol. The van der Waals surface area contributed by atoms with E-state index in [1.807, 2.05) is 11.5 Å². The van der Waals surface area contributed by atoms with Crippen molar-refractivity contribution in [3.8, 4) is 0 Å². The fourth-order valence-electron chi connectivity index (χ4n) is 4.68. The number of nitrogens with two attached hydrogens (primary N) is 1. The average Bonchev–Trinajstić information content (AvgIpc) is 3.05. The standard InChI is InChI=1S/C17H29N5O2Si/c1-6-11-12(25(3,4)5)7-13(17(11,24)8-23)22-9-19-14-10(2)20-16(18)21-15(14)22/h9,11-13,23-24H,6-8H2,1-5H3,(H2,18,20,21)/t11-,12+,13+,17+/m1/s1. The molecule has 2 aromatic heterocycles. The van der Waals surface area contributed by atoms with Gasteiger partial charge >= 0.3 is 0 Å². The van der Waals surface area contributed by atoms with Crippen LogP contribution in [0, 0.1) is 12.8 Å². The molecule has 0 saturated heterocycles. The number of fused-ring (bicyclic) bond motifs is 1. The van der Waals surface area contributed by atoms with Gasteiger partial charge in [0.15, 0.2) is 5.65 Å². The molecule has 25 heavy (non-hydrogen) atoms. The van der Waals surface area contributed by atoms with Crippen molar-refractivity contribution < 1.29 is 10.2 Å². The van der Waals surface area contributed by atoms with Gasteiger partial charge < -0.3 is 20.5 Å². The van der Waals surface area contributed by atoms with E-state index in [0.717, 1.165) is 18.5 Å². The molecule has 0 unspecified atom stereocenters. The number of aliphatic hydroxyl groups excluding tert-OH is 1. The zero-order chi connectivity index (χ0) is 18.6. The van der Waals surface area contributed by atoms with Crippen LogP contribution in [0.3, 0.4) is 0 Å². The minimum absolute atomic E-state index is 0.0619. The Hall–Kier alpha value is -1.51. The number of rotatable bonds is 4. The Morgan fingerprint density at radius 1 is 1.36 bits per heavy atom. The second kappa shape index (κ2) is 6.03. The highest BCUT2D eigenvalue weighted by Gasteiger charge is 2.57. The van der Waals surface area contributed by atoms with Crippen molar-refractivity contribution in [3.63, 3.8) is 0 Å². The smallest absolute Gasteiger partial charge is 0.222 e. The molecule has 7 nitrogen and oxygen atoms in total. The third-order valence-corrected chi connectivity index (χ3v) is 8.80. The molecule has 1 saturated carbocycles. The molecule has 0 amide bonds. The molecular formula is C17H29N5O2Si. The molecule has 3 rings (SSSR count). The molecule has 8 heteroatoms. The van der Waals surface area contributed by atoms with E-state index < -0.39 is 13.7 Å². The zero-order valence-corrected chi connectivity index (χ0v) is 16.7. The van der Waals surface area contributed by atoms with Crippen molar-refractivity contribution >= 4 is 25.2 Å². The number of aromatic nitrogens is 4. The number of nitrogen functional groups attached to an aromatic ring is 1. The van der Waals surface area contributed by atoms with Gasteiger partial charge in [0.25, 0.3) is 0 Å². The van der Waals surface area contributed by atoms with E-state index in [4.69, 9.17) is 5.73 Å². The Morgan fingerprint density at radius 3 is 2.60 bits per heavy atom. The average molecular weight is 364 g/mol. The van der Waals surface area contributed by atoms with Gasteiger partial charge in [0.05, 0.1) is 24.7 Å². The van der Waals surface area contributed by atoms with Gasteiger partial charge in [-0.25, -0.2) is 9.97 Å². The summed E-state index contributed by atoms with van der Waals surface area (Å²) >= 11 is 0. The van der Waals surface area contributed by atoms with Crippen LogP contribution in [-0.2, 0) is 0 Å². The Labute approximate surface area is 149 Å². The van der Waals surface area contributed by atoms with Crippen molar-refractivity contribution in [3.05, 3.63) is 12.0 Å². The first-order valence-corrected chi connectivity index (χ1v) is 12.5. The van der Waals surface area contributed by atoms with Crippen molar-refractivity contribution in [1.29, 1.82) is 0 Å². The quantitative estimate of drug-likeness (QED) is 0.718. The van der Waals surface area contributed by atoms with Gasteiger partial charge in [0.2, 0.25) is 5.95 Å². The number of nitrogens with zero attached hydrogens (tertiary/aromatic N) is 4. The van der Waals surface area contributed by atoms with Crippen LogP contribution in [0.25, 0.3) is 11.2 Å². The topological polar surface area (TPSA) is 110 Å². The van der Waals surface area contributed by atoms with Crippen LogP contribution < -0.4 is 5.73 Å². The summed E-state index contributed by atoms with van der Waals surface area (Å²) in [5.74, 6) is 0.262. The Bertz CT molecular complexity index is 787. The van der Waals surface area contributed by atoms with Crippen LogP contribution in [0.15, 0.2) is 6.33 Å². The lowest BCUT2D eigenvalue weighted by Gasteiger charge is -2.37. The molecule has 0 radical (unpaired) electrons. The van der Waals surface area contributed by atoms with E-state index in [9.17, 15) is 10.2 Å². The van der Waals surface area contributed by atoms with Crippen molar-refractivity contribution in [2.24, 2.45) is 5.92 Å². The third kappa shape index (κ3) is 2.76. The molecule has 0 aromatic carbocycles. The zero-order valence-electron chi connectivity index (χ0n) is 15.7. The Balaban J connectivity index is 2.16. The maximum Gasteiger partial charge on any atom is 0.222 e. The highest BCUT2D eigenvalue weighted by Crippen LogP contribution is 2.56. The van der Waals surface area contributed by atoms with Crippen LogP contribution in [-0.4, -0.2) is 50.0 Å². The predicted molar refractivity (Wildman–Crippen MR) is 101 cm³/mol. The van der Waals surface area contributed by atoms with Crippen LogP contribution >= 0.6 is 0 Å². The maximum absolute atomic E-state index is 11.5. The van der Waals surface area contributed by atoms with Crippen molar-refractivity contribution in [2.75, 3.05) is 12.3 Å². The lowest BCUT2D eigenvalue weighted by Crippen LogP contribution is -2.46. The van der Waals surface area contributed by atoms with E-state index in [1.54, 1.807) is 6.33 Å². The molecule has 1 aliphatic carbocycles. The first-order chi connectivity index (χ1) is 11.6. The fourth-order valence-corrected chi connectivity index (χ4v) is 7.35. The summed E-state index contributed by atoms with van der Waals surface area (Å²) in [6.07, 6.45) is 3.36. The van der Waals surface area contributed by atoms with E-state index in [1.165, 1.54) is 0 Å². The van der Waals surface area contributed by atoms with Crippen LogP contribution in [0.2, 0.25) is 25.2 Å². The van der Waals surface area contributed by atoms with E-state index in [0.29, 0.717) is 16.7 Å². The molecule has 138 valence electrons. The number of hydrogen-bond donors (Lipinski definition) is 3. The summed E-state index contributed by atoms with van der Waals surface area (Å²) in [5, 5.41) is 21.6. The lowest BCUT2D eigenvalue weighted by molar-refractivity contribution is -0.0727. The molecule has 4 N–H and O–H groups in total. The summed E-state index contributed by atoms with van der Waals surface area (Å²) < 4.78 is 1.90. The molecule has 1 aliphatic rings. The first-order valence-electron chi connectivity index (χ1n) is 8.93. The minimum atomic E-state index is -1.52. The molecule has 2 heterocycles. The van der Waals surface area contributed by atoms with Gasteiger partial charge in [0, 0.05) is 8.07 Å². The minimum Gasteiger partial charge on any atom is -0.393 e. The molecular weight excluding hydrogens is 334 g/mol. The summed E-state index contributed by atoms with van der Waals surface area (Å²) in [7, 11) is -1.52. The molecule has 2 aromatic rings. The van der Waals surface area contributed by atoms with E-state index >= 15 is 0 Å². The first kappa shape index (κ1) is 18.3. The van der Waals surface area contributed by atoms with Crippen LogP contribution in [0.1, 0.15) is 31.5 Å². The normalized spacial score (nSPS) is 30.3. The summed E-state index contributed by atoms with van der Waals surface area (Å²) in [6, 6.07) is -0.266. The van der Waals surface area contributed by atoms with E-state index in [2.05, 4.69) is 41.5 Å². The van der Waals surface area contributed by atoms with Crippen LogP contribution in [0.4, 0.5) is 5.95 Å². The van der Waals surface area contributed by atoms with Gasteiger partial charge in [-0.05, 0) is 24.8 Å². The second-order valence-electron chi connectivity index (χ2n) is 8.38. The number of aryl methyl sites for hydroxylation is 1. The molecule has 0 spiro atoms. The molecule has 1 fully saturated rings.